The summed E-state index contributed by atoms with van der Waals surface area (Å²) in [7, 11) is 3.02. The van der Waals surface area contributed by atoms with Crippen LogP contribution in [0.1, 0.15) is 26.2 Å². The summed E-state index contributed by atoms with van der Waals surface area (Å²) in [6, 6.07) is 3.26. The quantitative estimate of drug-likeness (QED) is 0.788. The van der Waals surface area contributed by atoms with Gasteiger partial charge in [-0.2, -0.15) is 0 Å². The fraction of sp³-hybridized carbons (Fsp3) is 0.529. The minimum absolute atomic E-state index is 0.0682. The van der Waals surface area contributed by atoms with E-state index in [9.17, 15) is 9.59 Å². The van der Waals surface area contributed by atoms with E-state index in [0.717, 1.165) is 25.9 Å². The van der Waals surface area contributed by atoms with Crippen LogP contribution in [0.3, 0.4) is 0 Å². The van der Waals surface area contributed by atoms with Crippen molar-refractivity contribution in [3.63, 3.8) is 0 Å². The van der Waals surface area contributed by atoms with E-state index in [0.29, 0.717) is 22.2 Å². The van der Waals surface area contributed by atoms with E-state index in [1.165, 1.54) is 26.0 Å². The molecule has 6 nitrogen and oxygen atoms in total. The Hall–Kier alpha value is -1.95. The molecule has 0 atom stereocenters. The second kappa shape index (κ2) is 8.24. The standard InChI is InChI=1S/C17H23ClN2O4/c1-12(21)20(9-6-17(22)19-7-4-5-8-19)14-11-15(23-2)13(18)10-16(14)24-3/h10-11H,4-9H2,1-3H3. The lowest BCUT2D eigenvalue weighted by atomic mass is 10.2. The van der Waals surface area contributed by atoms with Crippen molar-refractivity contribution < 1.29 is 19.1 Å². The van der Waals surface area contributed by atoms with Gasteiger partial charge in [0.1, 0.15) is 11.5 Å². The van der Waals surface area contributed by atoms with Crippen LogP contribution in [0.25, 0.3) is 0 Å². The molecule has 0 aromatic heterocycles. The minimum atomic E-state index is -0.174. The Labute approximate surface area is 147 Å². The number of halogens is 1. The Morgan fingerprint density at radius 1 is 1.17 bits per heavy atom. The van der Waals surface area contributed by atoms with E-state index in [2.05, 4.69) is 0 Å². The number of hydrogen-bond acceptors (Lipinski definition) is 4. The molecule has 0 saturated carbocycles. The molecule has 0 aliphatic carbocycles. The number of likely N-dealkylation sites (tertiary alicyclic amines) is 1. The summed E-state index contributed by atoms with van der Waals surface area (Å²) in [5, 5.41) is 0.398. The summed E-state index contributed by atoms with van der Waals surface area (Å²) in [6.07, 6.45) is 2.36. The third-order valence-corrected chi connectivity index (χ3v) is 4.43. The molecule has 1 aromatic rings. The summed E-state index contributed by atoms with van der Waals surface area (Å²) in [6.45, 7) is 3.35. The summed E-state index contributed by atoms with van der Waals surface area (Å²) in [5.74, 6) is 0.805. The molecule has 0 bridgehead atoms. The summed E-state index contributed by atoms with van der Waals surface area (Å²) >= 11 is 6.11. The molecule has 1 saturated heterocycles. The third-order valence-electron chi connectivity index (χ3n) is 4.13. The first-order valence-electron chi connectivity index (χ1n) is 7.95. The van der Waals surface area contributed by atoms with Crippen LogP contribution in [-0.2, 0) is 9.59 Å². The van der Waals surface area contributed by atoms with Gasteiger partial charge < -0.3 is 19.3 Å². The highest BCUT2D eigenvalue weighted by Gasteiger charge is 2.23. The van der Waals surface area contributed by atoms with E-state index < -0.39 is 0 Å². The van der Waals surface area contributed by atoms with Gasteiger partial charge in [-0.25, -0.2) is 0 Å². The van der Waals surface area contributed by atoms with Gasteiger partial charge in [-0.05, 0) is 12.8 Å². The maximum absolute atomic E-state index is 12.2. The van der Waals surface area contributed by atoms with Crippen LogP contribution in [0.15, 0.2) is 12.1 Å². The average Bonchev–Trinajstić information content (AvgIpc) is 3.09. The van der Waals surface area contributed by atoms with Crippen molar-refractivity contribution in [2.24, 2.45) is 0 Å². The summed E-state index contributed by atoms with van der Waals surface area (Å²) in [5.41, 5.74) is 0.542. The number of ether oxygens (including phenoxy) is 2. The van der Waals surface area contributed by atoms with Crippen LogP contribution < -0.4 is 14.4 Å². The highest BCUT2D eigenvalue weighted by atomic mass is 35.5. The van der Waals surface area contributed by atoms with E-state index >= 15 is 0 Å². The molecule has 1 aromatic carbocycles. The molecule has 2 rings (SSSR count). The van der Waals surface area contributed by atoms with Gasteiger partial charge in [0, 0.05) is 45.1 Å². The maximum Gasteiger partial charge on any atom is 0.224 e. The van der Waals surface area contributed by atoms with Crippen molar-refractivity contribution in [2.45, 2.75) is 26.2 Å². The smallest absolute Gasteiger partial charge is 0.224 e. The van der Waals surface area contributed by atoms with Crippen LogP contribution in [-0.4, -0.2) is 50.6 Å². The molecule has 0 spiro atoms. The van der Waals surface area contributed by atoms with E-state index in [4.69, 9.17) is 21.1 Å². The SMILES string of the molecule is COc1cc(N(CCC(=O)N2CCCC2)C(C)=O)c(OC)cc1Cl. The molecule has 0 radical (unpaired) electrons. The Morgan fingerprint density at radius 2 is 1.79 bits per heavy atom. The molecule has 0 unspecified atom stereocenters. The van der Waals surface area contributed by atoms with Crippen molar-refractivity contribution in [1.82, 2.24) is 4.90 Å². The highest BCUT2D eigenvalue weighted by molar-refractivity contribution is 6.32. The Kier molecular flexibility index (Phi) is 6.31. The number of anilines is 1. The number of rotatable bonds is 6. The number of methoxy groups -OCH3 is 2. The summed E-state index contributed by atoms with van der Waals surface area (Å²) in [4.78, 5) is 27.7. The monoisotopic (exact) mass is 354 g/mol. The van der Waals surface area contributed by atoms with Gasteiger partial charge in [0.15, 0.2) is 0 Å². The largest absolute Gasteiger partial charge is 0.495 e. The molecule has 132 valence electrons. The first-order chi connectivity index (χ1) is 11.5. The van der Waals surface area contributed by atoms with Crippen molar-refractivity contribution in [3.8, 4) is 11.5 Å². The fourth-order valence-corrected chi connectivity index (χ4v) is 3.07. The van der Waals surface area contributed by atoms with E-state index in [1.807, 2.05) is 4.90 Å². The minimum Gasteiger partial charge on any atom is -0.495 e. The van der Waals surface area contributed by atoms with Gasteiger partial charge in [0.2, 0.25) is 11.8 Å². The Morgan fingerprint density at radius 3 is 2.33 bits per heavy atom. The maximum atomic E-state index is 12.2. The first-order valence-corrected chi connectivity index (χ1v) is 8.33. The molecule has 1 heterocycles. The molecule has 1 aliphatic rings. The number of hydrogen-bond donors (Lipinski definition) is 0. The normalized spacial score (nSPS) is 13.8. The molecular formula is C17H23ClN2O4. The van der Waals surface area contributed by atoms with Crippen molar-refractivity contribution >= 4 is 29.1 Å². The Bertz CT molecular complexity index is 615. The van der Waals surface area contributed by atoms with Crippen molar-refractivity contribution in [2.75, 3.05) is 38.8 Å². The Balaban J connectivity index is 2.20. The number of carbonyl (C=O) groups is 2. The number of amides is 2. The predicted molar refractivity (Wildman–Crippen MR) is 93.0 cm³/mol. The van der Waals surface area contributed by atoms with E-state index in [1.54, 1.807) is 12.1 Å². The van der Waals surface area contributed by atoms with Crippen molar-refractivity contribution in [3.05, 3.63) is 17.2 Å². The zero-order valence-electron chi connectivity index (χ0n) is 14.3. The lowest BCUT2D eigenvalue weighted by Crippen LogP contribution is -2.35. The number of benzene rings is 1. The van der Waals surface area contributed by atoms with Crippen LogP contribution in [0, 0.1) is 0 Å². The van der Waals surface area contributed by atoms with Crippen LogP contribution >= 0.6 is 11.6 Å². The lowest BCUT2D eigenvalue weighted by molar-refractivity contribution is -0.129. The first kappa shape index (κ1) is 18.4. The van der Waals surface area contributed by atoms with Gasteiger partial charge in [-0.1, -0.05) is 11.6 Å². The summed E-state index contributed by atoms with van der Waals surface area (Å²) < 4.78 is 10.6. The second-order valence-corrected chi connectivity index (χ2v) is 6.07. The van der Waals surface area contributed by atoms with Gasteiger partial charge in [-0.3, -0.25) is 9.59 Å². The molecule has 7 heteroatoms. The van der Waals surface area contributed by atoms with E-state index in [-0.39, 0.29) is 24.8 Å². The predicted octanol–water partition coefficient (Wildman–Crippen LogP) is 2.72. The van der Waals surface area contributed by atoms with Gasteiger partial charge in [0.25, 0.3) is 0 Å². The molecule has 1 aliphatic heterocycles. The van der Waals surface area contributed by atoms with Gasteiger partial charge in [-0.15, -0.1) is 0 Å². The number of carbonyl (C=O) groups excluding carboxylic acids is 2. The molecule has 2 amide bonds. The zero-order valence-corrected chi connectivity index (χ0v) is 15.1. The van der Waals surface area contributed by atoms with Crippen molar-refractivity contribution in [1.29, 1.82) is 0 Å². The number of nitrogens with zero attached hydrogens (tertiary/aromatic N) is 2. The van der Waals surface area contributed by atoms with Crippen LogP contribution in [0.2, 0.25) is 5.02 Å². The molecule has 1 fully saturated rings. The van der Waals surface area contributed by atoms with Crippen LogP contribution in [0.5, 0.6) is 11.5 Å². The topological polar surface area (TPSA) is 59.1 Å². The zero-order chi connectivity index (χ0) is 17.7. The highest BCUT2D eigenvalue weighted by Crippen LogP contribution is 2.38. The second-order valence-electron chi connectivity index (χ2n) is 5.67. The molecular weight excluding hydrogens is 332 g/mol. The lowest BCUT2D eigenvalue weighted by Gasteiger charge is -2.25. The fourth-order valence-electron chi connectivity index (χ4n) is 2.83. The van der Waals surface area contributed by atoms with Crippen LogP contribution in [0.4, 0.5) is 5.69 Å². The average molecular weight is 355 g/mol. The van der Waals surface area contributed by atoms with Gasteiger partial charge in [0.05, 0.1) is 24.9 Å². The molecule has 24 heavy (non-hydrogen) atoms. The third kappa shape index (κ3) is 4.12. The van der Waals surface area contributed by atoms with Gasteiger partial charge >= 0.3 is 0 Å². The molecule has 0 N–H and O–H groups in total.